The van der Waals surface area contributed by atoms with E-state index in [1.165, 1.54) is 51.9 Å². The van der Waals surface area contributed by atoms with Crippen molar-refractivity contribution in [3.05, 3.63) is 273 Å². The molecule has 0 saturated carbocycles. The summed E-state index contributed by atoms with van der Waals surface area (Å²) in [6, 6.07) is 64.2. The molecule has 0 unspecified atom stereocenters. The molecule has 0 atom stereocenters. The molecule has 4 aliphatic heterocycles. The molecule has 13 rings (SSSR count). The summed E-state index contributed by atoms with van der Waals surface area (Å²) in [6.07, 6.45) is -11.0. The average Bonchev–Trinajstić information content (AvgIpc) is 3.67. The molecule has 0 saturated heterocycles. The highest BCUT2D eigenvalue weighted by atomic mass is 32.2. The number of halogens is 6. The molecule has 9 aromatic carbocycles. The van der Waals surface area contributed by atoms with E-state index in [2.05, 4.69) is 0 Å². The summed E-state index contributed by atoms with van der Waals surface area (Å²) >= 11 is 5.29. The zero-order valence-electron chi connectivity index (χ0n) is 40.8. The average molecular weight is 1110 g/mol. The van der Waals surface area contributed by atoms with Gasteiger partial charge in [-0.1, -0.05) is 217 Å². The number of alkyl halides is 6. The van der Waals surface area contributed by atoms with Gasteiger partial charge in [-0.15, -0.1) is 0 Å². The molecule has 0 aliphatic carbocycles. The lowest BCUT2D eigenvalue weighted by Gasteiger charge is -2.46. The first-order chi connectivity index (χ1) is 38.0. The number of nitrogens with zero attached hydrogens (tertiary/aromatic N) is 4. The molecule has 0 fully saturated rings. The van der Waals surface area contributed by atoms with Crippen LogP contribution in [0.3, 0.4) is 0 Å². The summed E-state index contributed by atoms with van der Waals surface area (Å²) in [5, 5.41) is 7.09. The van der Waals surface area contributed by atoms with Crippen molar-refractivity contribution in [3.8, 4) is 0 Å². The van der Waals surface area contributed by atoms with Crippen LogP contribution in [0.1, 0.15) is 33.4 Å². The van der Waals surface area contributed by atoms with Gasteiger partial charge >= 0.3 is 12.4 Å². The molecule has 0 amide bonds. The summed E-state index contributed by atoms with van der Waals surface area (Å²) in [7, 11) is 0. The van der Waals surface area contributed by atoms with Crippen LogP contribution in [0.5, 0.6) is 0 Å². The molecular weight excluding hydrogens is 1070 g/mol. The largest absolute Gasteiger partial charge is 0.420 e. The fourth-order valence-electron chi connectivity index (χ4n) is 10.5. The maximum Gasteiger partial charge on any atom is 0.420 e. The topological polar surface area (TPSA) is 13.0 Å². The number of rotatable bonds is 8. The quantitative estimate of drug-likeness (QED) is 0.138. The first-order valence-corrected chi connectivity index (χ1v) is 28.2. The van der Waals surface area contributed by atoms with Crippen molar-refractivity contribution in [2.45, 2.75) is 31.9 Å². The van der Waals surface area contributed by atoms with Gasteiger partial charge in [0.15, 0.2) is 0 Å². The van der Waals surface area contributed by atoms with Gasteiger partial charge in [0.05, 0.1) is 68.3 Å². The summed E-state index contributed by atoms with van der Waals surface area (Å²) in [6.45, 7) is 0. The van der Waals surface area contributed by atoms with Crippen LogP contribution in [0.25, 0.3) is 22.8 Å². The molecule has 0 spiro atoms. The zero-order chi connectivity index (χ0) is 53.1. The second-order valence-electron chi connectivity index (χ2n) is 18.3. The van der Waals surface area contributed by atoms with Crippen LogP contribution in [0.15, 0.2) is 260 Å². The molecule has 14 heteroatoms. The van der Waals surface area contributed by atoms with Gasteiger partial charge in [0.25, 0.3) is 0 Å². The Morgan fingerprint density at radius 1 is 0.244 bits per heavy atom. The molecule has 4 aliphatic rings. The number of hydrogen-bond donors (Lipinski definition) is 0. The van der Waals surface area contributed by atoms with Gasteiger partial charge < -0.3 is 19.6 Å². The monoisotopic (exact) mass is 1110 g/mol. The van der Waals surface area contributed by atoms with E-state index in [0.717, 1.165) is 0 Å². The predicted molar refractivity (Wildman–Crippen MR) is 312 cm³/mol. The van der Waals surface area contributed by atoms with Gasteiger partial charge in [-0.2, -0.15) is 26.3 Å². The third-order valence-corrected chi connectivity index (χ3v) is 17.5. The highest BCUT2D eigenvalue weighted by molar-refractivity contribution is 8.03. The second kappa shape index (κ2) is 20.2. The molecule has 78 heavy (non-hydrogen) atoms. The summed E-state index contributed by atoms with van der Waals surface area (Å²) in [5.74, 6) is 0. The van der Waals surface area contributed by atoms with Crippen molar-refractivity contribution in [3.63, 3.8) is 0 Å². The Morgan fingerprint density at radius 3 is 0.718 bits per heavy atom. The van der Waals surface area contributed by atoms with Gasteiger partial charge in [-0.3, -0.25) is 0 Å². The van der Waals surface area contributed by atoms with E-state index >= 15 is 26.3 Å². The van der Waals surface area contributed by atoms with Crippen molar-refractivity contribution >= 4 is 115 Å². The summed E-state index contributed by atoms with van der Waals surface area (Å²) in [4.78, 5) is 8.27. The third kappa shape index (κ3) is 8.67. The third-order valence-electron chi connectivity index (χ3n) is 13.7. The molecular formula is C64H40F6N4S4. The van der Waals surface area contributed by atoms with E-state index in [1.54, 1.807) is 122 Å². The second-order valence-corrected chi connectivity index (χ2v) is 21.9. The lowest BCUT2D eigenvalue weighted by atomic mass is 9.91. The molecule has 0 N–H and O–H groups in total. The fourth-order valence-corrected chi connectivity index (χ4v) is 14.1. The molecule has 382 valence electrons. The first kappa shape index (κ1) is 49.7. The van der Waals surface area contributed by atoms with E-state index in [-0.39, 0.29) is 17.1 Å². The van der Waals surface area contributed by atoms with Gasteiger partial charge in [0.2, 0.25) is 0 Å². The number of hydrogen-bond acceptors (Lipinski definition) is 8. The lowest BCUT2D eigenvalue weighted by molar-refractivity contribution is -0.141. The van der Waals surface area contributed by atoms with Crippen LogP contribution in [0.2, 0.25) is 0 Å². The van der Waals surface area contributed by atoms with Gasteiger partial charge in [0.1, 0.15) is 11.1 Å². The van der Waals surface area contributed by atoms with Crippen molar-refractivity contribution in [2.24, 2.45) is 0 Å². The normalized spacial score (nSPS) is 15.1. The Kier molecular flexibility index (Phi) is 12.8. The van der Waals surface area contributed by atoms with E-state index in [0.29, 0.717) is 76.0 Å². The minimum atomic E-state index is -5.50. The molecule has 4 nitrogen and oxygen atoms in total. The van der Waals surface area contributed by atoms with Gasteiger partial charge in [-0.05, 0) is 70.8 Å². The van der Waals surface area contributed by atoms with E-state index in [9.17, 15) is 0 Å². The predicted octanol–water partition coefficient (Wildman–Crippen LogP) is 20.7. The summed E-state index contributed by atoms with van der Waals surface area (Å²) < 4.78 is 110. The minimum absolute atomic E-state index is 0.131. The highest BCUT2D eigenvalue weighted by Crippen LogP contribution is 2.68. The summed E-state index contributed by atoms with van der Waals surface area (Å²) in [5.41, 5.74) is -0.980. The Hall–Kier alpha value is -7.88. The SMILES string of the molecule is FC(F)(F)c1c(N2C(c3ccccc3)=CSc3ccccc32)c(N2C(c3ccccc3)=CSc3ccccc32)c(N2C(c3ccccc3)=CSc3ccccc32)c(C(F)(F)F)c1N1C(c2ccccc2)=CSc2ccccc21. The fraction of sp³-hybridized carbons (Fsp3) is 0.0312. The molecule has 0 bridgehead atoms. The minimum Gasteiger partial charge on any atom is -0.307 e. The highest BCUT2D eigenvalue weighted by Gasteiger charge is 2.54. The molecule has 4 heterocycles. The number of para-hydroxylation sites is 4. The van der Waals surface area contributed by atoms with Crippen molar-refractivity contribution in [1.29, 1.82) is 0 Å². The number of anilines is 8. The first-order valence-electron chi connectivity index (χ1n) is 24.7. The zero-order valence-corrected chi connectivity index (χ0v) is 44.0. The van der Waals surface area contributed by atoms with Crippen molar-refractivity contribution in [1.82, 2.24) is 0 Å². The number of thioether (sulfide) groups is 4. The molecule has 9 aromatic rings. The van der Waals surface area contributed by atoms with Gasteiger partial charge in [0, 0.05) is 41.2 Å². The Bertz CT molecular complexity index is 3770. The smallest absolute Gasteiger partial charge is 0.307 e. The molecule has 0 aromatic heterocycles. The van der Waals surface area contributed by atoms with E-state index < -0.39 is 40.5 Å². The van der Waals surface area contributed by atoms with Crippen LogP contribution in [0.4, 0.5) is 71.8 Å². The number of benzene rings is 9. The standard InChI is InChI=1S/C64H40F6N4S4/c65-63(66,67)57-59(71-45-29-13-17-33-53(45)75-37-49(71)41-21-5-1-6-22-41)58(64(68,69)70)61(73-47-31-15-19-35-55(47)77-39-51(73)43-25-9-3-10-26-43)62(74-48-32-16-20-36-56(48)78-40-52(74)44-27-11-4-12-28-44)60(57)72-46-30-14-18-34-54(46)76-38-50(72)42-23-7-2-8-24-42/h1-40H. The van der Waals surface area contributed by atoms with Crippen LogP contribution in [-0.2, 0) is 12.4 Å². The van der Waals surface area contributed by atoms with Crippen LogP contribution < -0.4 is 19.6 Å². The lowest BCUT2D eigenvalue weighted by Crippen LogP contribution is -2.34. The number of fused-ring (bicyclic) bond motifs is 4. The van der Waals surface area contributed by atoms with Gasteiger partial charge in [-0.25, -0.2) is 0 Å². The maximum atomic E-state index is 18.3. The maximum absolute atomic E-state index is 18.3. The van der Waals surface area contributed by atoms with E-state index in [4.69, 9.17) is 0 Å². The Balaban J connectivity index is 1.34. The van der Waals surface area contributed by atoms with Crippen molar-refractivity contribution < 1.29 is 26.3 Å². The van der Waals surface area contributed by atoms with Crippen LogP contribution >= 0.6 is 47.0 Å². The Labute approximate surface area is 463 Å². The van der Waals surface area contributed by atoms with Crippen molar-refractivity contribution in [2.75, 3.05) is 19.6 Å². The van der Waals surface area contributed by atoms with E-state index in [1.807, 2.05) is 133 Å². The Morgan fingerprint density at radius 2 is 0.462 bits per heavy atom. The van der Waals surface area contributed by atoms with Crippen LogP contribution in [-0.4, -0.2) is 0 Å². The van der Waals surface area contributed by atoms with Crippen LogP contribution in [0, 0.1) is 0 Å². The molecule has 0 radical (unpaired) electrons.